The molecule has 6 heteroatoms. The predicted octanol–water partition coefficient (Wildman–Crippen LogP) is 3.56. The Morgan fingerprint density at radius 1 is 1.22 bits per heavy atom. The summed E-state index contributed by atoms with van der Waals surface area (Å²) < 4.78 is 4.96. The van der Waals surface area contributed by atoms with Crippen molar-refractivity contribution in [3.8, 4) is 5.75 Å². The monoisotopic (exact) mass is 314 g/mol. The van der Waals surface area contributed by atoms with E-state index in [4.69, 9.17) is 4.74 Å². The van der Waals surface area contributed by atoms with E-state index >= 15 is 0 Å². The fourth-order valence-electron chi connectivity index (χ4n) is 2.21. The minimum atomic E-state index is -0.540. The Bertz CT molecular complexity index is 686. The molecule has 1 amide bonds. The molecule has 1 N–H and O–H groups in total. The molecule has 0 aliphatic carbocycles. The van der Waals surface area contributed by atoms with Crippen molar-refractivity contribution >= 4 is 17.3 Å². The predicted molar refractivity (Wildman–Crippen MR) is 87.7 cm³/mol. The van der Waals surface area contributed by atoms with Gasteiger partial charge in [0.05, 0.1) is 18.1 Å². The van der Waals surface area contributed by atoms with Crippen LogP contribution in [0.4, 0.5) is 11.4 Å². The lowest BCUT2D eigenvalue weighted by atomic mass is 10.1. The number of rotatable bonds is 7. The first kappa shape index (κ1) is 16.5. The van der Waals surface area contributed by atoms with Crippen LogP contribution < -0.4 is 10.1 Å². The van der Waals surface area contributed by atoms with Crippen LogP contribution in [0.25, 0.3) is 0 Å². The molecule has 0 aliphatic heterocycles. The summed E-state index contributed by atoms with van der Waals surface area (Å²) in [6.45, 7) is 0. The minimum Gasteiger partial charge on any atom is -0.496 e. The van der Waals surface area contributed by atoms with Crippen molar-refractivity contribution in [2.45, 2.75) is 19.3 Å². The number of nitrogens with one attached hydrogen (secondary N) is 1. The van der Waals surface area contributed by atoms with Gasteiger partial charge in [-0.2, -0.15) is 0 Å². The molecule has 0 radical (unpaired) electrons. The summed E-state index contributed by atoms with van der Waals surface area (Å²) in [5, 5.41) is 13.7. The Morgan fingerprint density at radius 3 is 2.61 bits per heavy atom. The quantitative estimate of drug-likeness (QED) is 0.625. The van der Waals surface area contributed by atoms with Crippen LogP contribution >= 0.6 is 0 Å². The molecule has 23 heavy (non-hydrogen) atoms. The maximum Gasteiger partial charge on any atom is 0.296 e. The average Bonchev–Trinajstić information content (AvgIpc) is 2.56. The molecule has 0 saturated carbocycles. The zero-order valence-corrected chi connectivity index (χ0v) is 12.8. The normalized spacial score (nSPS) is 10.1. The van der Waals surface area contributed by atoms with Gasteiger partial charge in [0.1, 0.15) is 11.4 Å². The summed E-state index contributed by atoms with van der Waals surface area (Å²) in [6.07, 6.45) is 1.77. The molecular weight excluding hydrogens is 296 g/mol. The number of ether oxygens (including phenoxy) is 1. The van der Waals surface area contributed by atoms with Gasteiger partial charge in [-0.3, -0.25) is 14.9 Å². The molecule has 120 valence electrons. The fourth-order valence-corrected chi connectivity index (χ4v) is 2.21. The smallest absolute Gasteiger partial charge is 0.296 e. The van der Waals surface area contributed by atoms with Crippen LogP contribution in [0, 0.1) is 10.1 Å². The highest BCUT2D eigenvalue weighted by atomic mass is 16.6. The molecule has 2 aromatic rings. The fraction of sp³-hybridized carbons (Fsp3) is 0.235. The van der Waals surface area contributed by atoms with E-state index in [1.54, 1.807) is 6.07 Å². The highest BCUT2D eigenvalue weighted by Gasteiger charge is 2.17. The largest absolute Gasteiger partial charge is 0.496 e. The standard InChI is InChI=1S/C17H18N2O4/c1-23-14-10-11-15(16(12-14)19(21)22)18-17(20)9-5-8-13-6-3-2-4-7-13/h2-4,6-7,10-12H,5,8-9H2,1H3,(H,18,20). The zero-order valence-electron chi connectivity index (χ0n) is 12.8. The van der Waals surface area contributed by atoms with Crippen molar-refractivity contribution in [2.24, 2.45) is 0 Å². The second-order valence-corrected chi connectivity index (χ2v) is 5.03. The Balaban J connectivity index is 1.93. The van der Waals surface area contributed by atoms with Gasteiger partial charge in [-0.1, -0.05) is 30.3 Å². The average molecular weight is 314 g/mol. The number of methoxy groups -OCH3 is 1. The molecule has 0 aliphatic rings. The molecule has 0 fully saturated rings. The summed E-state index contributed by atoms with van der Waals surface area (Å²) in [4.78, 5) is 22.5. The Kier molecular flexibility index (Phi) is 5.68. The van der Waals surface area contributed by atoms with E-state index in [1.807, 2.05) is 30.3 Å². The van der Waals surface area contributed by atoms with Gasteiger partial charge in [-0.25, -0.2) is 0 Å². The maximum absolute atomic E-state index is 12.0. The third-order valence-electron chi connectivity index (χ3n) is 3.39. The topological polar surface area (TPSA) is 81.5 Å². The van der Waals surface area contributed by atoms with Gasteiger partial charge < -0.3 is 10.1 Å². The molecule has 0 bridgehead atoms. The lowest BCUT2D eigenvalue weighted by Crippen LogP contribution is -2.13. The van der Waals surface area contributed by atoms with E-state index < -0.39 is 4.92 Å². The van der Waals surface area contributed by atoms with E-state index in [0.29, 0.717) is 18.6 Å². The van der Waals surface area contributed by atoms with Crippen molar-refractivity contribution < 1.29 is 14.5 Å². The minimum absolute atomic E-state index is 0.180. The summed E-state index contributed by atoms with van der Waals surface area (Å²) in [6, 6.07) is 14.2. The first-order valence-corrected chi connectivity index (χ1v) is 7.26. The Hall–Kier alpha value is -2.89. The van der Waals surface area contributed by atoms with Crippen LogP contribution in [0.2, 0.25) is 0 Å². The van der Waals surface area contributed by atoms with E-state index in [1.165, 1.54) is 19.2 Å². The van der Waals surface area contributed by atoms with Crippen molar-refractivity contribution in [3.63, 3.8) is 0 Å². The first-order valence-electron chi connectivity index (χ1n) is 7.26. The van der Waals surface area contributed by atoms with Gasteiger partial charge in [0.15, 0.2) is 0 Å². The van der Waals surface area contributed by atoms with Crippen molar-refractivity contribution in [1.29, 1.82) is 0 Å². The molecule has 2 rings (SSSR count). The molecule has 0 atom stereocenters. The van der Waals surface area contributed by atoms with Crippen LogP contribution in [0.1, 0.15) is 18.4 Å². The number of hydrogen-bond donors (Lipinski definition) is 1. The van der Waals surface area contributed by atoms with Crippen LogP contribution in [0.15, 0.2) is 48.5 Å². The number of nitro groups is 1. The van der Waals surface area contributed by atoms with E-state index in [9.17, 15) is 14.9 Å². The number of aryl methyl sites for hydroxylation is 1. The molecule has 2 aromatic carbocycles. The van der Waals surface area contributed by atoms with Crippen molar-refractivity contribution in [2.75, 3.05) is 12.4 Å². The lowest BCUT2D eigenvalue weighted by Gasteiger charge is -2.07. The number of nitro benzene ring substituents is 1. The number of amides is 1. The van der Waals surface area contributed by atoms with Gasteiger partial charge in [0.25, 0.3) is 5.69 Å². The van der Waals surface area contributed by atoms with E-state index in [2.05, 4.69) is 5.32 Å². The third kappa shape index (κ3) is 4.81. The maximum atomic E-state index is 12.0. The van der Waals surface area contributed by atoms with Crippen LogP contribution in [0.5, 0.6) is 5.75 Å². The molecule has 0 heterocycles. The number of benzene rings is 2. The third-order valence-corrected chi connectivity index (χ3v) is 3.39. The summed E-state index contributed by atoms with van der Waals surface area (Å²) in [5.41, 5.74) is 1.16. The lowest BCUT2D eigenvalue weighted by molar-refractivity contribution is -0.384. The first-order chi connectivity index (χ1) is 11.1. The zero-order chi connectivity index (χ0) is 16.7. The van der Waals surface area contributed by atoms with Gasteiger partial charge in [-0.05, 0) is 30.5 Å². The summed E-state index contributed by atoms with van der Waals surface area (Å²) in [5.74, 6) is 0.132. The molecule has 0 saturated heterocycles. The number of nitrogens with zero attached hydrogens (tertiary/aromatic N) is 1. The molecule has 0 spiro atoms. The van der Waals surface area contributed by atoms with Crippen molar-refractivity contribution in [3.05, 3.63) is 64.2 Å². The van der Waals surface area contributed by atoms with E-state index in [-0.39, 0.29) is 17.3 Å². The van der Waals surface area contributed by atoms with Gasteiger partial charge in [-0.15, -0.1) is 0 Å². The van der Waals surface area contributed by atoms with Gasteiger partial charge >= 0.3 is 0 Å². The highest BCUT2D eigenvalue weighted by Crippen LogP contribution is 2.29. The van der Waals surface area contributed by atoms with Crippen LogP contribution in [0.3, 0.4) is 0 Å². The van der Waals surface area contributed by atoms with Crippen LogP contribution in [-0.2, 0) is 11.2 Å². The Labute approximate surface area is 134 Å². The molecule has 6 nitrogen and oxygen atoms in total. The Morgan fingerprint density at radius 2 is 1.96 bits per heavy atom. The number of anilines is 1. The second kappa shape index (κ2) is 7.93. The number of carbonyl (C=O) groups is 1. The summed E-state index contributed by atoms with van der Waals surface area (Å²) >= 11 is 0. The van der Waals surface area contributed by atoms with Gasteiger partial charge in [0, 0.05) is 6.42 Å². The van der Waals surface area contributed by atoms with Crippen molar-refractivity contribution in [1.82, 2.24) is 0 Å². The van der Waals surface area contributed by atoms with E-state index in [0.717, 1.165) is 12.0 Å². The van der Waals surface area contributed by atoms with Gasteiger partial charge in [0.2, 0.25) is 5.91 Å². The highest BCUT2D eigenvalue weighted by molar-refractivity contribution is 5.93. The molecular formula is C17H18N2O4. The SMILES string of the molecule is COc1ccc(NC(=O)CCCc2ccccc2)c([N+](=O)[O-])c1. The van der Waals surface area contributed by atoms with Crippen LogP contribution in [-0.4, -0.2) is 17.9 Å². The summed E-state index contributed by atoms with van der Waals surface area (Å²) in [7, 11) is 1.43. The number of hydrogen-bond acceptors (Lipinski definition) is 4. The number of carbonyl (C=O) groups excluding carboxylic acids is 1. The molecule has 0 unspecified atom stereocenters. The molecule has 0 aromatic heterocycles. The second-order valence-electron chi connectivity index (χ2n) is 5.03.